The molecule has 168 valence electrons. The lowest BCUT2D eigenvalue weighted by atomic mass is 10.0. The monoisotopic (exact) mass is 451 g/mol. The molecule has 0 radical (unpaired) electrons. The van der Waals surface area contributed by atoms with E-state index in [0.29, 0.717) is 11.4 Å². The molecule has 1 aliphatic rings. The Labute approximate surface area is 188 Å². The van der Waals surface area contributed by atoms with Crippen LogP contribution < -0.4 is 15.4 Å². The van der Waals surface area contributed by atoms with Crippen LogP contribution in [0, 0.1) is 0 Å². The predicted molar refractivity (Wildman–Crippen MR) is 120 cm³/mol. The van der Waals surface area contributed by atoms with E-state index in [0.717, 1.165) is 23.3 Å². The number of amides is 1. The van der Waals surface area contributed by atoms with E-state index in [2.05, 4.69) is 15.6 Å². The number of halogens is 3. The molecule has 0 spiro atoms. The van der Waals surface area contributed by atoms with Gasteiger partial charge in [0.25, 0.3) is 5.91 Å². The van der Waals surface area contributed by atoms with Gasteiger partial charge in [-0.2, -0.15) is 13.2 Å². The van der Waals surface area contributed by atoms with Crippen LogP contribution in [0.15, 0.2) is 89.6 Å². The topological polar surface area (TPSA) is 62.7 Å². The van der Waals surface area contributed by atoms with Crippen molar-refractivity contribution < 1.29 is 22.7 Å². The molecule has 0 bridgehead atoms. The fourth-order valence-corrected chi connectivity index (χ4v) is 3.40. The second-order valence-electron chi connectivity index (χ2n) is 7.32. The first kappa shape index (κ1) is 22.1. The summed E-state index contributed by atoms with van der Waals surface area (Å²) >= 11 is 0. The quantitative estimate of drug-likeness (QED) is 0.574. The van der Waals surface area contributed by atoms with Gasteiger partial charge in [-0.15, -0.1) is 0 Å². The van der Waals surface area contributed by atoms with Crippen molar-refractivity contribution >= 4 is 17.9 Å². The summed E-state index contributed by atoms with van der Waals surface area (Å²) in [4.78, 5) is 17.2. The molecule has 0 aliphatic carbocycles. The molecule has 33 heavy (non-hydrogen) atoms. The molecule has 0 saturated heterocycles. The van der Waals surface area contributed by atoms with Crippen LogP contribution in [0.3, 0.4) is 0 Å². The summed E-state index contributed by atoms with van der Waals surface area (Å²) in [5.41, 5.74) is 1.49. The Morgan fingerprint density at radius 1 is 1.03 bits per heavy atom. The van der Waals surface area contributed by atoms with Crippen LogP contribution in [-0.4, -0.2) is 19.0 Å². The average molecular weight is 451 g/mol. The predicted octanol–water partition coefficient (Wildman–Crippen LogP) is 5.19. The Hall–Kier alpha value is -4.07. The molecule has 2 N–H and O–H groups in total. The van der Waals surface area contributed by atoms with Crippen molar-refractivity contribution in [2.45, 2.75) is 12.2 Å². The van der Waals surface area contributed by atoms with E-state index in [1.165, 1.54) is 12.1 Å². The highest BCUT2D eigenvalue weighted by atomic mass is 19.4. The second kappa shape index (κ2) is 9.20. The molecule has 1 heterocycles. The minimum absolute atomic E-state index is 0.115. The first-order valence-corrected chi connectivity index (χ1v) is 10.1. The molecule has 0 fully saturated rings. The van der Waals surface area contributed by atoms with Gasteiger partial charge in [0.2, 0.25) is 5.96 Å². The maximum Gasteiger partial charge on any atom is 0.416 e. The van der Waals surface area contributed by atoms with Crippen molar-refractivity contribution in [1.82, 2.24) is 10.6 Å². The number of ether oxygens (including phenoxy) is 1. The summed E-state index contributed by atoms with van der Waals surface area (Å²) in [6.45, 7) is 0. The van der Waals surface area contributed by atoms with Gasteiger partial charge in [0.05, 0.1) is 12.7 Å². The Morgan fingerprint density at radius 3 is 2.42 bits per heavy atom. The average Bonchev–Trinajstić information content (AvgIpc) is 3.21. The molecule has 5 nitrogen and oxygen atoms in total. The third-order valence-corrected chi connectivity index (χ3v) is 5.05. The Balaban J connectivity index is 1.61. The maximum absolute atomic E-state index is 13.0. The van der Waals surface area contributed by atoms with Crippen molar-refractivity contribution in [1.29, 1.82) is 0 Å². The first-order chi connectivity index (χ1) is 15.8. The number of benzene rings is 3. The van der Waals surface area contributed by atoms with Crippen LogP contribution in [0.5, 0.6) is 5.75 Å². The van der Waals surface area contributed by atoms with Crippen LogP contribution in [-0.2, 0) is 6.18 Å². The van der Waals surface area contributed by atoms with E-state index >= 15 is 0 Å². The minimum atomic E-state index is -4.54. The molecule has 3 aromatic rings. The van der Waals surface area contributed by atoms with Crippen molar-refractivity contribution in [2.24, 2.45) is 4.99 Å². The Kier molecular flexibility index (Phi) is 6.17. The zero-order valence-corrected chi connectivity index (χ0v) is 17.6. The number of carbonyl (C=O) groups excluding carboxylic acids is 1. The van der Waals surface area contributed by atoms with Gasteiger partial charge in [-0.1, -0.05) is 48.5 Å². The molecule has 8 heteroatoms. The molecule has 1 aliphatic heterocycles. The summed E-state index contributed by atoms with van der Waals surface area (Å²) in [6, 6.07) is 20.7. The molecule has 3 aromatic carbocycles. The number of aliphatic imine (C=N–C) groups is 1. The van der Waals surface area contributed by atoms with Crippen LogP contribution in [0.1, 0.15) is 33.1 Å². The maximum atomic E-state index is 13.0. The first-order valence-electron chi connectivity index (χ1n) is 10.1. The number of methoxy groups -OCH3 is 1. The zero-order chi connectivity index (χ0) is 23.4. The van der Waals surface area contributed by atoms with Crippen LogP contribution in [0.4, 0.5) is 13.2 Å². The number of alkyl halides is 3. The third kappa shape index (κ3) is 5.23. The van der Waals surface area contributed by atoms with Crippen molar-refractivity contribution in [3.05, 3.63) is 107 Å². The third-order valence-electron chi connectivity index (χ3n) is 5.05. The summed E-state index contributed by atoms with van der Waals surface area (Å²) in [5, 5.41) is 5.67. The normalized spacial score (nSPS) is 16.8. The molecule has 4 rings (SSSR count). The lowest BCUT2D eigenvalue weighted by Crippen LogP contribution is -2.37. The number of rotatable bonds is 4. The number of guanidine groups is 1. The molecule has 0 aromatic heterocycles. The SMILES string of the molecule is COc1ccc(C2N=C(NC(=O)c3cccc(C(F)(F)F)c3)N/C2=C\c2ccccc2)cc1. The summed E-state index contributed by atoms with van der Waals surface area (Å²) in [6.07, 6.45) is -2.63. The van der Waals surface area contributed by atoms with Crippen molar-refractivity contribution in [3.63, 3.8) is 0 Å². The van der Waals surface area contributed by atoms with Crippen molar-refractivity contribution in [3.8, 4) is 5.75 Å². The van der Waals surface area contributed by atoms with Crippen molar-refractivity contribution in [2.75, 3.05) is 7.11 Å². The molecule has 0 saturated carbocycles. The van der Waals surface area contributed by atoms with E-state index < -0.39 is 23.7 Å². The van der Waals surface area contributed by atoms with Gasteiger partial charge in [-0.05, 0) is 47.5 Å². The smallest absolute Gasteiger partial charge is 0.416 e. The zero-order valence-electron chi connectivity index (χ0n) is 17.6. The Bertz CT molecular complexity index is 1200. The molecule has 1 atom stereocenters. The highest BCUT2D eigenvalue weighted by molar-refractivity contribution is 6.07. The fourth-order valence-electron chi connectivity index (χ4n) is 3.40. The van der Waals surface area contributed by atoms with Gasteiger partial charge in [-0.25, -0.2) is 4.99 Å². The summed E-state index contributed by atoms with van der Waals surface area (Å²) < 4.78 is 44.2. The van der Waals surface area contributed by atoms with Gasteiger partial charge in [0.1, 0.15) is 11.8 Å². The number of hydrogen-bond donors (Lipinski definition) is 2. The molecule has 1 unspecified atom stereocenters. The van der Waals surface area contributed by atoms with Crippen LogP contribution >= 0.6 is 0 Å². The highest BCUT2D eigenvalue weighted by Gasteiger charge is 2.31. The number of hydrogen-bond acceptors (Lipinski definition) is 4. The molecule has 1 amide bonds. The standard InChI is InChI=1S/C25H20F3N3O2/c1-33-20-12-10-17(11-13-20)22-21(14-16-6-3-2-4-7-16)29-24(30-22)31-23(32)18-8-5-9-19(15-18)25(26,27)28/h2-15,22H,1H3,(H2,29,30,31,32)/b21-14-. The van der Waals surface area contributed by atoms with Gasteiger partial charge < -0.3 is 10.1 Å². The second-order valence-corrected chi connectivity index (χ2v) is 7.32. The van der Waals surface area contributed by atoms with E-state index in [4.69, 9.17) is 4.74 Å². The van der Waals surface area contributed by atoms with Gasteiger partial charge in [0, 0.05) is 11.3 Å². The van der Waals surface area contributed by atoms with Gasteiger partial charge in [-0.3, -0.25) is 10.1 Å². The van der Waals surface area contributed by atoms with E-state index in [1.54, 1.807) is 7.11 Å². The lowest BCUT2D eigenvalue weighted by molar-refractivity contribution is -0.137. The van der Waals surface area contributed by atoms with Gasteiger partial charge in [0.15, 0.2) is 0 Å². The number of carbonyl (C=O) groups is 1. The Morgan fingerprint density at radius 2 is 1.76 bits per heavy atom. The summed E-state index contributed by atoms with van der Waals surface area (Å²) in [7, 11) is 1.58. The largest absolute Gasteiger partial charge is 0.497 e. The van der Waals surface area contributed by atoms with E-state index in [9.17, 15) is 18.0 Å². The summed E-state index contributed by atoms with van der Waals surface area (Å²) in [5.74, 6) is 0.155. The van der Waals surface area contributed by atoms with Crippen LogP contribution in [0.25, 0.3) is 6.08 Å². The molecular weight excluding hydrogens is 431 g/mol. The fraction of sp³-hybridized carbons (Fsp3) is 0.120. The van der Waals surface area contributed by atoms with Crippen LogP contribution in [0.2, 0.25) is 0 Å². The van der Waals surface area contributed by atoms with E-state index in [1.807, 2.05) is 60.7 Å². The molecular formula is C25H20F3N3O2. The highest BCUT2D eigenvalue weighted by Crippen LogP contribution is 2.31. The minimum Gasteiger partial charge on any atom is -0.497 e. The lowest BCUT2D eigenvalue weighted by Gasteiger charge is -2.11. The number of nitrogens with one attached hydrogen (secondary N) is 2. The van der Waals surface area contributed by atoms with Gasteiger partial charge >= 0.3 is 6.18 Å². The van der Waals surface area contributed by atoms with E-state index in [-0.39, 0.29) is 11.5 Å². The number of nitrogens with zero attached hydrogens (tertiary/aromatic N) is 1.